The third kappa shape index (κ3) is 7.35. The Balaban J connectivity index is 1.35. The summed E-state index contributed by atoms with van der Waals surface area (Å²) < 4.78 is 14.7. The van der Waals surface area contributed by atoms with Crippen LogP contribution in [0.3, 0.4) is 0 Å². The number of anilines is 2. The van der Waals surface area contributed by atoms with Crippen molar-refractivity contribution in [2.24, 2.45) is 0 Å². The van der Waals surface area contributed by atoms with Crippen LogP contribution in [-0.2, 0) is 17.2 Å². The van der Waals surface area contributed by atoms with E-state index in [0.717, 1.165) is 38.0 Å². The second kappa shape index (κ2) is 14.3. The zero-order valence-electron chi connectivity index (χ0n) is 26.3. The van der Waals surface area contributed by atoms with E-state index in [2.05, 4.69) is 26.6 Å². The van der Waals surface area contributed by atoms with Crippen molar-refractivity contribution in [3.05, 3.63) is 134 Å². The standard InChI is InChI=1S/C36H33BrClN5O3S/c1-21-9-15-29(22(2)17-21)40-34(44)32-23(3)39-35-41-36(47-20-26-7-5-6-8-28(26)38)42-43(35)33(32)25-12-16-30(31(18-25)45-4)46-19-24-10-13-27(37)14-11-24/h5-18,33H,19-20H2,1-4H3,(H,40,44)(H,39,41,42). The summed E-state index contributed by atoms with van der Waals surface area (Å²) in [6.45, 7) is 6.26. The second-order valence-electron chi connectivity index (χ2n) is 11.2. The summed E-state index contributed by atoms with van der Waals surface area (Å²) in [5, 5.41) is 12.6. The van der Waals surface area contributed by atoms with Gasteiger partial charge in [0.05, 0.1) is 12.7 Å². The molecule has 0 saturated carbocycles. The molecule has 8 nitrogen and oxygen atoms in total. The van der Waals surface area contributed by atoms with Gasteiger partial charge in [-0.05, 0) is 79.4 Å². The number of rotatable bonds is 10. The van der Waals surface area contributed by atoms with Gasteiger partial charge in [0.2, 0.25) is 11.1 Å². The number of nitrogens with one attached hydrogen (secondary N) is 2. The summed E-state index contributed by atoms with van der Waals surface area (Å²) in [4.78, 5) is 18.9. The normalized spacial score (nSPS) is 14.0. The second-order valence-corrected chi connectivity index (χ2v) is 13.5. The molecule has 5 aromatic rings. The molecule has 1 unspecified atom stereocenters. The van der Waals surface area contributed by atoms with Crippen LogP contribution in [0.1, 0.15) is 40.8 Å². The number of allylic oxidation sites excluding steroid dienone is 1. The number of hydrogen-bond donors (Lipinski definition) is 2. The lowest BCUT2D eigenvalue weighted by atomic mass is 9.94. The van der Waals surface area contributed by atoms with Gasteiger partial charge in [0.15, 0.2) is 11.5 Å². The van der Waals surface area contributed by atoms with Crippen LogP contribution in [0.5, 0.6) is 11.5 Å². The van der Waals surface area contributed by atoms with E-state index >= 15 is 0 Å². The van der Waals surface area contributed by atoms with Gasteiger partial charge in [0, 0.05) is 26.6 Å². The Morgan fingerprint density at radius 3 is 2.55 bits per heavy atom. The number of aryl methyl sites for hydroxylation is 2. The largest absolute Gasteiger partial charge is 0.493 e. The molecule has 0 fully saturated rings. The van der Waals surface area contributed by atoms with Crippen LogP contribution in [0.25, 0.3) is 0 Å². The molecule has 1 atom stereocenters. The predicted molar refractivity (Wildman–Crippen MR) is 192 cm³/mol. The maximum Gasteiger partial charge on any atom is 0.255 e. The van der Waals surface area contributed by atoms with Crippen LogP contribution in [-0.4, -0.2) is 27.8 Å². The Kier molecular flexibility index (Phi) is 9.91. The Bertz CT molecular complexity index is 1980. The van der Waals surface area contributed by atoms with Crippen molar-refractivity contribution in [3.8, 4) is 11.5 Å². The van der Waals surface area contributed by atoms with Crippen molar-refractivity contribution >= 4 is 56.8 Å². The molecule has 240 valence electrons. The molecule has 47 heavy (non-hydrogen) atoms. The summed E-state index contributed by atoms with van der Waals surface area (Å²) in [6.07, 6.45) is 0. The number of carbonyl (C=O) groups is 1. The van der Waals surface area contributed by atoms with Crippen molar-refractivity contribution in [1.82, 2.24) is 14.8 Å². The molecule has 6 rings (SSSR count). The fraction of sp³-hybridized carbons (Fsp3) is 0.194. The predicted octanol–water partition coefficient (Wildman–Crippen LogP) is 9.12. The first-order valence-corrected chi connectivity index (χ1v) is 17.1. The first-order valence-electron chi connectivity index (χ1n) is 14.9. The van der Waals surface area contributed by atoms with Gasteiger partial charge in [-0.15, -0.1) is 5.10 Å². The molecule has 1 aliphatic heterocycles. The number of ether oxygens (including phenoxy) is 2. The number of benzene rings is 4. The Labute approximate surface area is 291 Å². The molecule has 1 amide bonds. The molecule has 1 aromatic heterocycles. The average molecular weight is 731 g/mol. The lowest BCUT2D eigenvalue weighted by molar-refractivity contribution is -0.113. The van der Waals surface area contributed by atoms with Gasteiger partial charge in [-0.2, -0.15) is 4.98 Å². The summed E-state index contributed by atoms with van der Waals surface area (Å²) >= 11 is 11.4. The van der Waals surface area contributed by atoms with Gasteiger partial charge in [-0.3, -0.25) is 4.79 Å². The maximum absolute atomic E-state index is 14.1. The molecular formula is C36H33BrClN5O3S. The van der Waals surface area contributed by atoms with E-state index < -0.39 is 6.04 Å². The summed E-state index contributed by atoms with van der Waals surface area (Å²) in [5.41, 5.74) is 6.83. The molecular weight excluding hydrogens is 698 g/mol. The van der Waals surface area contributed by atoms with Crippen molar-refractivity contribution < 1.29 is 14.3 Å². The van der Waals surface area contributed by atoms with Gasteiger partial charge in [0.25, 0.3) is 5.91 Å². The quantitative estimate of drug-likeness (QED) is 0.139. The van der Waals surface area contributed by atoms with Crippen LogP contribution in [0.4, 0.5) is 11.6 Å². The number of halogens is 2. The van der Waals surface area contributed by atoms with Crippen molar-refractivity contribution in [2.45, 2.75) is 44.3 Å². The minimum absolute atomic E-state index is 0.243. The molecule has 0 aliphatic carbocycles. The SMILES string of the molecule is COc1cc(C2C(C(=O)Nc3ccc(C)cc3C)=C(C)Nc3nc(SCc4ccccc4Cl)nn32)ccc1OCc1ccc(Br)cc1. The Morgan fingerprint density at radius 1 is 1.02 bits per heavy atom. The summed E-state index contributed by atoms with van der Waals surface area (Å²) in [6, 6.07) is 26.7. The number of amides is 1. The first kappa shape index (κ1) is 32.7. The average Bonchev–Trinajstić information content (AvgIpc) is 3.47. The number of thioether (sulfide) groups is 1. The number of hydrogen-bond acceptors (Lipinski definition) is 7. The summed E-state index contributed by atoms with van der Waals surface area (Å²) in [5.74, 6) is 2.02. The van der Waals surface area contributed by atoms with E-state index in [-0.39, 0.29) is 5.91 Å². The van der Waals surface area contributed by atoms with Crippen molar-refractivity contribution in [2.75, 3.05) is 17.7 Å². The number of aromatic nitrogens is 3. The zero-order chi connectivity index (χ0) is 33.1. The van der Waals surface area contributed by atoms with Crippen LogP contribution >= 0.6 is 39.3 Å². The highest BCUT2D eigenvalue weighted by Crippen LogP contribution is 2.40. The van der Waals surface area contributed by atoms with E-state index in [0.29, 0.717) is 51.3 Å². The summed E-state index contributed by atoms with van der Waals surface area (Å²) in [7, 11) is 1.60. The molecule has 2 heterocycles. The van der Waals surface area contributed by atoms with Crippen molar-refractivity contribution in [1.29, 1.82) is 0 Å². The van der Waals surface area contributed by atoms with Crippen LogP contribution in [0.15, 0.2) is 106 Å². The molecule has 0 bridgehead atoms. The van der Waals surface area contributed by atoms with E-state index in [1.165, 1.54) is 11.8 Å². The maximum atomic E-state index is 14.1. The molecule has 11 heteroatoms. The molecule has 0 spiro atoms. The highest BCUT2D eigenvalue weighted by Gasteiger charge is 2.35. The van der Waals surface area contributed by atoms with E-state index in [9.17, 15) is 4.79 Å². The lowest BCUT2D eigenvalue weighted by Crippen LogP contribution is -2.31. The Hall–Kier alpha value is -4.25. The van der Waals surface area contributed by atoms with Gasteiger partial charge < -0.3 is 20.1 Å². The first-order chi connectivity index (χ1) is 22.7. The third-order valence-electron chi connectivity index (χ3n) is 7.83. The molecule has 1 aliphatic rings. The molecule has 0 radical (unpaired) electrons. The monoisotopic (exact) mass is 729 g/mol. The van der Waals surface area contributed by atoms with E-state index in [1.54, 1.807) is 11.8 Å². The number of carbonyl (C=O) groups excluding carboxylic acids is 1. The zero-order valence-corrected chi connectivity index (χ0v) is 29.5. The van der Waals surface area contributed by atoms with Gasteiger partial charge in [-0.25, -0.2) is 4.68 Å². The van der Waals surface area contributed by atoms with E-state index in [4.69, 9.17) is 31.2 Å². The van der Waals surface area contributed by atoms with Crippen LogP contribution in [0.2, 0.25) is 5.02 Å². The minimum Gasteiger partial charge on any atom is -0.493 e. The molecule has 0 saturated heterocycles. The fourth-order valence-electron chi connectivity index (χ4n) is 5.41. The molecule has 4 aromatic carbocycles. The number of fused-ring (bicyclic) bond motifs is 1. The van der Waals surface area contributed by atoms with Crippen LogP contribution in [0, 0.1) is 13.8 Å². The topological polar surface area (TPSA) is 90.3 Å². The smallest absolute Gasteiger partial charge is 0.255 e. The highest BCUT2D eigenvalue weighted by atomic mass is 79.9. The Morgan fingerprint density at radius 2 is 1.81 bits per heavy atom. The lowest BCUT2D eigenvalue weighted by Gasteiger charge is -2.29. The fourth-order valence-corrected chi connectivity index (χ4v) is 6.79. The minimum atomic E-state index is -0.603. The number of nitrogens with zero attached hydrogens (tertiary/aromatic N) is 3. The van der Waals surface area contributed by atoms with Gasteiger partial charge in [-0.1, -0.05) is 93.4 Å². The molecule has 2 N–H and O–H groups in total. The number of methoxy groups -OCH3 is 1. The van der Waals surface area contributed by atoms with Crippen molar-refractivity contribution in [3.63, 3.8) is 0 Å². The van der Waals surface area contributed by atoms with Crippen LogP contribution < -0.4 is 20.1 Å². The highest BCUT2D eigenvalue weighted by molar-refractivity contribution is 9.10. The van der Waals surface area contributed by atoms with Gasteiger partial charge >= 0.3 is 0 Å². The van der Waals surface area contributed by atoms with E-state index in [1.807, 2.05) is 106 Å². The van der Waals surface area contributed by atoms with Gasteiger partial charge in [0.1, 0.15) is 12.6 Å². The third-order valence-corrected chi connectivity index (χ3v) is 9.62.